The molecule has 0 aliphatic heterocycles. The van der Waals surface area contributed by atoms with Crippen LogP contribution in [0.1, 0.15) is 30.3 Å². The zero-order valence-corrected chi connectivity index (χ0v) is 20.3. The van der Waals surface area contributed by atoms with E-state index in [4.69, 9.17) is 26.1 Å². The van der Waals surface area contributed by atoms with Crippen LogP contribution >= 0.6 is 11.6 Å². The number of imidazole rings is 1. The lowest BCUT2D eigenvalue weighted by Crippen LogP contribution is -2.22. The minimum absolute atomic E-state index is 0.161. The molecular weight excluding hydrogens is 448 g/mol. The Labute approximate surface area is 205 Å². The van der Waals surface area contributed by atoms with Crippen molar-refractivity contribution in [3.05, 3.63) is 94.8 Å². The number of carbonyl (C=O) groups is 1. The molecule has 0 saturated carbocycles. The highest BCUT2D eigenvalue weighted by atomic mass is 35.5. The van der Waals surface area contributed by atoms with Gasteiger partial charge in [0.1, 0.15) is 18.2 Å². The molecule has 0 fully saturated rings. The maximum Gasteiger partial charge on any atom is 0.309 e. The van der Waals surface area contributed by atoms with Gasteiger partial charge >= 0.3 is 5.97 Å². The number of ether oxygens (including phenoxy) is 2. The van der Waals surface area contributed by atoms with E-state index in [1.165, 1.54) is 0 Å². The SMILES string of the molecule is CCOC(=O)C(CCn1c(COc2ccc(Cl)cc2)nc2c(C)cccc21)Cc1ccccc1. The lowest BCUT2D eigenvalue weighted by molar-refractivity contribution is -0.148. The Morgan fingerprint density at radius 1 is 1.03 bits per heavy atom. The van der Waals surface area contributed by atoms with Gasteiger partial charge in [-0.3, -0.25) is 4.79 Å². The summed E-state index contributed by atoms with van der Waals surface area (Å²) >= 11 is 5.99. The molecule has 0 spiro atoms. The molecule has 0 aliphatic carbocycles. The first-order valence-corrected chi connectivity index (χ1v) is 12.0. The Morgan fingerprint density at radius 3 is 2.53 bits per heavy atom. The lowest BCUT2D eigenvalue weighted by atomic mass is 9.96. The molecule has 34 heavy (non-hydrogen) atoms. The van der Waals surface area contributed by atoms with Gasteiger partial charge in [0.15, 0.2) is 0 Å². The smallest absolute Gasteiger partial charge is 0.309 e. The number of fused-ring (bicyclic) bond motifs is 1. The quantitative estimate of drug-likeness (QED) is 0.249. The number of carbonyl (C=O) groups excluding carboxylic acids is 1. The monoisotopic (exact) mass is 476 g/mol. The van der Waals surface area contributed by atoms with Gasteiger partial charge < -0.3 is 14.0 Å². The molecule has 0 aliphatic rings. The minimum Gasteiger partial charge on any atom is -0.486 e. The Balaban J connectivity index is 1.58. The van der Waals surface area contributed by atoms with Crippen LogP contribution in [-0.4, -0.2) is 22.1 Å². The van der Waals surface area contributed by atoms with Gasteiger partial charge in [0.05, 0.1) is 23.6 Å². The highest BCUT2D eigenvalue weighted by Crippen LogP contribution is 2.24. The third-order valence-corrected chi connectivity index (χ3v) is 6.14. The van der Waals surface area contributed by atoms with E-state index >= 15 is 0 Å². The second-order valence-corrected chi connectivity index (χ2v) is 8.73. The third kappa shape index (κ3) is 5.78. The first-order valence-electron chi connectivity index (χ1n) is 11.6. The van der Waals surface area contributed by atoms with E-state index in [0.717, 1.165) is 33.7 Å². The van der Waals surface area contributed by atoms with Crippen molar-refractivity contribution in [3.63, 3.8) is 0 Å². The summed E-state index contributed by atoms with van der Waals surface area (Å²) in [6, 6.07) is 23.5. The minimum atomic E-state index is -0.241. The van der Waals surface area contributed by atoms with Gasteiger partial charge in [-0.1, -0.05) is 54.1 Å². The fraction of sp³-hybridized carbons (Fsp3) is 0.286. The molecule has 1 heterocycles. The molecule has 1 atom stereocenters. The number of nitrogens with zero attached hydrogens (tertiary/aromatic N) is 2. The summed E-state index contributed by atoms with van der Waals surface area (Å²) in [7, 11) is 0. The second-order valence-electron chi connectivity index (χ2n) is 8.29. The van der Waals surface area contributed by atoms with Crippen molar-refractivity contribution < 1.29 is 14.3 Å². The van der Waals surface area contributed by atoms with Crippen LogP contribution in [0.5, 0.6) is 5.75 Å². The molecule has 176 valence electrons. The van der Waals surface area contributed by atoms with Crippen LogP contribution in [0.25, 0.3) is 11.0 Å². The van der Waals surface area contributed by atoms with Gasteiger partial charge in [0, 0.05) is 11.6 Å². The van der Waals surface area contributed by atoms with E-state index in [1.54, 1.807) is 12.1 Å². The van der Waals surface area contributed by atoms with Gasteiger partial charge in [-0.2, -0.15) is 0 Å². The first-order chi connectivity index (χ1) is 16.5. The third-order valence-electron chi connectivity index (χ3n) is 5.89. The molecule has 6 heteroatoms. The normalized spacial score (nSPS) is 12.0. The first kappa shape index (κ1) is 23.8. The molecule has 1 aromatic heterocycles. The summed E-state index contributed by atoms with van der Waals surface area (Å²) in [4.78, 5) is 17.6. The number of hydrogen-bond acceptors (Lipinski definition) is 4. The van der Waals surface area contributed by atoms with Crippen LogP contribution in [0.2, 0.25) is 5.02 Å². The van der Waals surface area contributed by atoms with Gasteiger partial charge in [0.25, 0.3) is 0 Å². The second kappa shape index (κ2) is 11.2. The van der Waals surface area contributed by atoms with E-state index in [-0.39, 0.29) is 11.9 Å². The Bertz CT molecular complexity index is 1240. The van der Waals surface area contributed by atoms with E-state index in [1.807, 2.05) is 55.5 Å². The predicted molar refractivity (Wildman–Crippen MR) is 135 cm³/mol. The fourth-order valence-electron chi connectivity index (χ4n) is 4.12. The van der Waals surface area contributed by atoms with Crippen molar-refractivity contribution >= 4 is 28.6 Å². The van der Waals surface area contributed by atoms with E-state index < -0.39 is 0 Å². The van der Waals surface area contributed by atoms with Gasteiger partial charge in [-0.15, -0.1) is 0 Å². The fourth-order valence-corrected chi connectivity index (χ4v) is 4.25. The number of para-hydroxylation sites is 1. The maximum absolute atomic E-state index is 12.8. The van der Waals surface area contributed by atoms with Gasteiger partial charge in [-0.05, 0) is 68.1 Å². The number of hydrogen-bond donors (Lipinski definition) is 0. The summed E-state index contributed by atoms with van der Waals surface area (Å²) in [5.41, 5.74) is 4.22. The number of aryl methyl sites for hydroxylation is 2. The molecule has 3 aromatic carbocycles. The lowest BCUT2D eigenvalue weighted by Gasteiger charge is -2.17. The average Bonchev–Trinajstić information content (AvgIpc) is 3.21. The highest BCUT2D eigenvalue weighted by Gasteiger charge is 2.22. The molecular formula is C28H29ClN2O3. The maximum atomic E-state index is 12.8. The molecule has 5 nitrogen and oxygen atoms in total. The summed E-state index contributed by atoms with van der Waals surface area (Å²) in [6.07, 6.45) is 1.28. The van der Waals surface area contributed by atoms with Crippen molar-refractivity contribution in [2.24, 2.45) is 5.92 Å². The molecule has 4 rings (SSSR count). The zero-order valence-electron chi connectivity index (χ0n) is 19.5. The van der Waals surface area contributed by atoms with Crippen LogP contribution < -0.4 is 4.74 Å². The zero-order chi connectivity index (χ0) is 23.9. The van der Waals surface area contributed by atoms with Crippen LogP contribution in [0.15, 0.2) is 72.8 Å². The Kier molecular flexibility index (Phi) is 7.86. The van der Waals surface area contributed by atoms with Crippen LogP contribution in [0, 0.1) is 12.8 Å². The summed E-state index contributed by atoms with van der Waals surface area (Å²) in [5, 5.41) is 0.665. The van der Waals surface area contributed by atoms with Crippen LogP contribution in [0.3, 0.4) is 0 Å². The van der Waals surface area contributed by atoms with Crippen molar-refractivity contribution in [3.8, 4) is 5.75 Å². The van der Waals surface area contributed by atoms with E-state index in [2.05, 4.69) is 23.6 Å². The summed E-state index contributed by atoms with van der Waals surface area (Å²) in [5.74, 6) is 1.15. The van der Waals surface area contributed by atoms with Crippen molar-refractivity contribution in [2.45, 2.75) is 39.8 Å². The molecule has 0 radical (unpaired) electrons. The molecule has 4 aromatic rings. The van der Waals surface area contributed by atoms with Crippen molar-refractivity contribution in [1.29, 1.82) is 0 Å². The van der Waals surface area contributed by atoms with E-state index in [0.29, 0.717) is 37.6 Å². The molecule has 0 saturated heterocycles. The van der Waals surface area contributed by atoms with Gasteiger partial charge in [-0.25, -0.2) is 4.98 Å². The summed E-state index contributed by atoms with van der Waals surface area (Å²) in [6.45, 7) is 5.22. The number of rotatable bonds is 10. The number of esters is 1. The van der Waals surface area contributed by atoms with Gasteiger partial charge in [0.2, 0.25) is 0 Å². The van der Waals surface area contributed by atoms with Crippen molar-refractivity contribution in [1.82, 2.24) is 9.55 Å². The molecule has 0 N–H and O–H groups in total. The largest absolute Gasteiger partial charge is 0.486 e. The topological polar surface area (TPSA) is 53.4 Å². The number of halogens is 1. The summed E-state index contributed by atoms with van der Waals surface area (Å²) < 4.78 is 13.6. The van der Waals surface area contributed by atoms with Crippen LogP contribution in [-0.2, 0) is 29.1 Å². The van der Waals surface area contributed by atoms with Crippen LogP contribution in [0.4, 0.5) is 0 Å². The average molecular weight is 477 g/mol. The van der Waals surface area contributed by atoms with E-state index in [9.17, 15) is 4.79 Å². The highest BCUT2D eigenvalue weighted by molar-refractivity contribution is 6.30. The predicted octanol–water partition coefficient (Wildman–Crippen LogP) is 6.39. The molecule has 0 bridgehead atoms. The Morgan fingerprint density at radius 2 is 1.79 bits per heavy atom. The standard InChI is InChI=1S/C28H29ClN2O3/c1-3-33-28(32)22(18-21-9-5-4-6-10-21)16-17-31-25-11-7-8-20(2)27(25)30-26(31)19-34-24-14-12-23(29)13-15-24/h4-15,22H,3,16-19H2,1-2H3. The number of aromatic nitrogens is 2. The molecule has 1 unspecified atom stereocenters. The van der Waals surface area contributed by atoms with Crippen molar-refractivity contribution in [2.75, 3.05) is 6.61 Å². The molecule has 0 amide bonds. The number of benzene rings is 3. The Hall–Kier alpha value is -3.31.